The molecule has 7 heteroatoms. The monoisotopic (exact) mass is 373 g/mol. The Morgan fingerprint density at radius 3 is 2.46 bits per heavy atom. The van der Waals surface area contributed by atoms with Crippen molar-refractivity contribution in [3.8, 4) is 0 Å². The van der Waals surface area contributed by atoms with Gasteiger partial charge in [0.15, 0.2) is 0 Å². The predicted molar refractivity (Wildman–Crippen MR) is 96.5 cm³/mol. The van der Waals surface area contributed by atoms with Crippen molar-refractivity contribution in [3.05, 3.63) is 88.7 Å². The number of halogens is 3. The maximum Gasteiger partial charge on any atom is 0.270 e. The molecule has 0 fully saturated rings. The summed E-state index contributed by atoms with van der Waals surface area (Å²) in [4.78, 5) is 16.2. The van der Waals surface area contributed by atoms with Crippen molar-refractivity contribution in [3.63, 3.8) is 0 Å². The van der Waals surface area contributed by atoms with Crippen molar-refractivity contribution in [1.29, 1.82) is 0 Å². The molecule has 0 aliphatic carbocycles. The average Bonchev–Trinajstić information content (AvgIpc) is 2.64. The fraction of sp³-hybridized carbons (Fsp3) is 0.0526. The first-order valence-electron chi connectivity index (χ1n) is 7.72. The summed E-state index contributed by atoms with van der Waals surface area (Å²) in [6, 6.07) is 13.6. The molecule has 0 bridgehead atoms. The molecule has 26 heavy (non-hydrogen) atoms. The lowest BCUT2D eigenvalue weighted by Crippen LogP contribution is -2.24. The summed E-state index contributed by atoms with van der Waals surface area (Å²) >= 11 is 5.73. The lowest BCUT2D eigenvalue weighted by molar-refractivity contribution is 0.0945. The number of hydrogen-bond acceptors (Lipinski definition) is 3. The number of carbonyl (C=O) groups excluding carboxylic acids is 1. The first-order valence-corrected chi connectivity index (χ1v) is 8.10. The van der Waals surface area contributed by atoms with Crippen LogP contribution in [-0.2, 0) is 6.54 Å². The van der Waals surface area contributed by atoms with Crippen LogP contribution in [0.25, 0.3) is 0 Å². The first kappa shape index (κ1) is 17.8. The number of rotatable bonds is 5. The molecular weight excluding hydrogens is 360 g/mol. The average molecular weight is 374 g/mol. The third-order valence-corrected chi connectivity index (χ3v) is 3.89. The van der Waals surface area contributed by atoms with E-state index < -0.39 is 11.7 Å². The van der Waals surface area contributed by atoms with E-state index >= 15 is 0 Å². The van der Waals surface area contributed by atoms with Crippen molar-refractivity contribution in [2.24, 2.45) is 0 Å². The van der Waals surface area contributed by atoms with Crippen LogP contribution in [0, 0.1) is 11.6 Å². The Morgan fingerprint density at radius 1 is 1.00 bits per heavy atom. The van der Waals surface area contributed by atoms with E-state index in [4.69, 9.17) is 11.6 Å². The van der Waals surface area contributed by atoms with E-state index in [1.807, 2.05) is 0 Å². The zero-order valence-corrected chi connectivity index (χ0v) is 14.2. The smallest absolute Gasteiger partial charge is 0.270 e. The molecule has 2 N–H and O–H groups in total. The van der Waals surface area contributed by atoms with Gasteiger partial charge in [-0.1, -0.05) is 29.8 Å². The highest BCUT2D eigenvalue weighted by Gasteiger charge is 2.09. The van der Waals surface area contributed by atoms with E-state index in [0.29, 0.717) is 16.9 Å². The molecule has 0 spiro atoms. The molecule has 0 unspecified atom stereocenters. The van der Waals surface area contributed by atoms with Gasteiger partial charge in [0.05, 0.1) is 16.9 Å². The number of pyridine rings is 1. The van der Waals surface area contributed by atoms with E-state index in [1.165, 1.54) is 36.5 Å². The van der Waals surface area contributed by atoms with Gasteiger partial charge >= 0.3 is 0 Å². The maximum absolute atomic E-state index is 13.5. The Morgan fingerprint density at radius 2 is 1.77 bits per heavy atom. The second-order valence-corrected chi connectivity index (χ2v) is 5.87. The van der Waals surface area contributed by atoms with E-state index in [2.05, 4.69) is 15.6 Å². The number of nitrogens with zero attached hydrogens (tertiary/aromatic N) is 1. The summed E-state index contributed by atoms with van der Waals surface area (Å²) in [5, 5.41) is 5.63. The fourth-order valence-corrected chi connectivity index (χ4v) is 2.43. The first-order chi connectivity index (χ1) is 12.5. The fourth-order valence-electron chi connectivity index (χ4n) is 2.25. The Kier molecular flexibility index (Phi) is 5.43. The Balaban J connectivity index is 1.62. The highest BCUT2D eigenvalue weighted by atomic mass is 35.5. The summed E-state index contributed by atoms with van der Waals surface area (Å²) in [5.41, 5.74) is 1.80. The zero-order chi connectivity index (χ0) is 18.5. The molecule has 132 valence electrons. The molecule has 3 aromatic rings. The van der Waals surface area contributed by atoms with Crippen molar-refractivity contribution >= 4 is 28.9 Å². The van der Waals surface area contributed by atoms with Crippen LogP contribution in [0.3, 0.4) is 0 Å². The van der Waals surface area contributed by atoms with Crippen LogP contribution in [0.4, 0.5) is 20.2 Å². The van der Waals surface area contributed by atoms with Gasteiger partial charge in [0, 0.05) is 17.8 Å². The van der Waals surface area contributed by atoms with E-state index in [0.717, 1.165) is 0 Å². The highest BCUT2D eigenvalue weighted by molar-refractivity contribution is 6.31. The van der Waals surface area contributed by atoms with Crippen LogP contribution in [0.15, 0.2) is 60.8 Å². The van der Waals surface area contributed by atoms with Gasteiger partial charge in [0.2, 0.25) is 0 Å². The number of anilines is 2. The van der Waals surface area contributed by atoms with Gasteiger partial charge in [-0.15, -0.1) is 0 Å². The molecule has 4 nitrogen and oxygen atoms in total. The normalized spacial score (nSPS) is 10.4. The summed E-state index contributed by atoms with van der Waals surface area (Å²) < 4.78 is 26.7. The lowest BCUT2D eigenvalue weighted by Gasteiger charge is -2.08. The van der Waals surface area contributed by atoms with Crippen molar-refractivity contribution in [2.45, 2.75) is 6.54 Å². The van der Waals surface area contributed by atoms with Gasteiger partial charge < -0.3 is 10.6 Å². The Labute approximate surface area is 153 Å². The van der Waals surface area contributed by atoms with Gasteiger partial charge in [0.25, 0.3) is 5.91 Å². The number of amides is 1. The van der Waals surface area contributed by atoms with Crippen LogP contribution in [-0.4, -0.2) is 10.9 Å². The van der Waals surface area contributed by atoms with Crippen molar-refractivity contribution in [1.82, 2.24) is 10.3 Å². The van der Waals surface area contributed by atoms with Gasteiger partial charge in [-0.05, 0) is 36.4 Å². The molecule has 3 rings (SSSR count). The third-order valence-electron chi connectivity index (χ3n) is 3.60. The van der Waals surface area contributed by atoms with Crippen LogP contribution >= 0.6 is 11.6 Å². The summed E-state index contributed by atoms with van der Waals surface area (Å²) in [5.74, 6) is -1.29. The second kappa shape index (κ2) is 7.93. The van der Waals surface area contributed by atoms with E-state index in [1.54, 1.807) is 24.3 Å². The minimum Gasteiger partial charge on any atom is -0.354 e. The van der Waals surface area contributed by atoms with Crippen LogP contribution < -0.4 is 10.6 Å². The van der Waals surface area contributed by atoms with E-state index in [-0.39, 0.29) is 23.1 Å². The van der Waals surface area contributed by atoms with E-state index in [9.17, 15) is 13.6 Å². The van der Waals surface area contributed by atoms with Crippen LogP contribution in [0.2, 0.25) is 5.02 Å². The quantitative estimate of drug-likeness (QED) is 0.682. The largest absolute Gasteiger partial charge is 0.354 e. The van der Waals surface area contributed by atoms with Gasteiger partial charge in [-0.25, -0.2) is 13.8 Å². The molecule has 0 radical (unpaired) electrons. The SMILES string of the molecule is O=C(NCc1ccccc1F)c1ccc(Nc2ccc(F)c(Cl)c2)cn1. The second-order valence-electron chi connectivity index (χ2n) is 5.46. The zero-order valence-electron chi connectivity index (χ0n) is 13.5. The van der Waals surface area contributed by atoms with Gasteiger partial charge in [-0.3, -0.25) is 4.79 Å². The number of carbonyl (C=O) groups is 1. The third kappa shape index (κ3) is 4.34. The molecular formula is C19H14ClF2N3O. The number of aromatic nitrogens is 1. The maximum atomic E-state index is 13.5. The van der Waals surface area contributed by atoms with Crippen molar-refractivity contribution in [2.75, 3.05) is 5.32 Å². The predicted octanol–water partition coefficient (Wildman–Crippen LogP) is 4.69. The molecule has 0 aliphatic heterocycles. The highest BCUT2D eigenvalue weighted by Crippen LogP contribution is 2.22. The molecule has 0 aliphatic rings. The Hall–Kier alpha value is -2.99. The summed E-state index contributed by atoms with van der Waals surface area (Å²) in [7, 11) is 0. The minimum absolute atomic E-state index is 0.00658. The molecule has 1 heterocycles. The summed E-state index contributed by atoms with van der Waals surface area (Å²) in [6.45, 7) is 0.0707. The van der Waals surface area contributed by atoms with Gasteiger partial charge in [0.1, 0.15) is 17.3 Å². The number of benzene rings is 2. The Bertz CT molecular complexity index is 932. The van der Waals surface area contributed by atoms with Crippen LogP contribution in [0.5, 0.6) is 0 Å². The lowest BCUT2D eigenvalue weighted by atomic mass is 10.2. The van der Waals surface area contributed by atoms with Crippen LogP contribution in [0.1, 0.15) is 16.1 Å². The standard InChI is InChI=1S/C19H14ClF2N3O/c20-15-9-13(5-7-17(15)22)25-14-6-8-18(23-11-14)19(26)24-10-12-3-1-2-4-16(12)21/h1-9,11,25H,10H2,(H,24,26). The number of hydrogen-bond donors (Lipinski definition) is 2. The molecule has 1 amide bonds. The molecule has 1 aromatic heterocycles. The van der Waals surface area contributed by atoms with Gasteiger partial charge in [-0.2, -0.15) is 0 Å². The summed E-state index contributed by atoms with van der Waals surface area (Å²) in [6.07, 6.45) is 1.47. The number of nitrogens with one attached hydrogen (secondary N) is 2. The molecule has 0 saturated carbocycles. The van der Waals surface area contributed by atoms with Crippen molar-refractivity contribution < 1.29 is 13.6 Å². The molecule has 0 saturated heterocycles. The molecule has 2 aromatic carbocycles. The topological polar surface area (TPSA) is 54.0 Å². The molecule has 0 atom stereocenters. The minimum atomic E-state index is -0.503.